The lowest BCUT2D eigenvalue weighted by atomic mass is 9.73. The Hall–Kier alpha value is 0.350. The van der Waals surface area contributed by atoms with Gasteiger partial charge in [-0.15, -0.1) is 0 Å². The fraction of sp³-hybridized carbons (Fsp3) is 1.00. The van der Waals surface area contributed by atoms with Crippen molar-refractivity contribution in [3.63, 3.8) is 0 Å². The lowest BCUT2D eigenvalue weighted by Gasteiger charge is -2.38. The molecule has 0 aromatic heterocycles. The second-order valence-electron chi connectivity index (χ2n) is 5.19. The smallest absolute Gasteiger partial charge is 0.00960 e. The van der Waals surface area contributed by atoms with Crippen LogP contribution in [0, 0.1) is 17.3 Å². The van der Waals surface area contributed by atoms with E-state index in [1.54, 1.807) is 0 Å². The second kappa shape index (κ2) is 5.29. The minimum absolute atomic E-state index is 0.345. The Kier molecular flexibility index (Phi) is 5.43. The molecule has 0 amide bonds. The van der Waals surface area contributed by atoms with E-state index in [1.807, 2.05) is 0 Å². The quantitative estimate of drug-likeness (QED) is 0.628. The number of rotatable bonds is 5. The molecule has 0 aliphatic heterocycles. The SMILES string of the molecule is CCCC(C)C(S)C(C)(C)C(C)C. The summed E-state index contributed by atoms with van der Waals surface area (Å²) < 4.78 is 0. The fourth-order valence-corrected chi connectivity index (χ4v) is 2.14. The van der Waals surface area contributed by atoms with Crippen molar-refractivity contribution in [2.75, 3.05) is 0 Å². The first-order chi connectivity index (χ1) is 5.84. The molecule has 80 valence electrons. The number of thiol groups is 1. The molecule has 0 nitrogen and oxygen atoms in total. The van der Waals surface area contributed by atoms with Crippen molar-refractivity contribution in [2.24, 2.45) is 17.3 Å². The Morgan fingerprint density at radius 3 is 1.92 bits per heavy atom. The summed E-state index contributed by atoms with van der Waals surface area (Å²) in [5, 5.41) is 0.521. The lowest BCUT2D eigenvalue weighted by molar-refractivity contribution is 0.202. The van der Waals surface area contributed by atoms with Crippen LogP contribution in [-0.2, 0) is 0 Å². The highest BCUT2D eigenvalue weighted by atomic mass is 32.1. The molecule has 0 radical (unpaired) electrons. The summed E-state index contributed by atoms with van der Waals surface area (Å²) in [6.45, 7) is 13.8. The molecule has 13 heavy (non-hydrogen) atoms. The van der Waals surface area contributed by atoms with Crippen LogP contribution < -0.4 is 0 Å². The maximum Gasteiger partial charge on any atom is 0.00960 e. The summed E-state index contributed by atoms with van der Waals surface area (Å²) in [4.78, 5) is 0. The molecule has 2 unspecified atom stereocenters. The number of hydrogen-bond acceptors (Lipinski definition) is 1. The van der Waals surface area contributed by atoms with Gasteiger partial charge in [0.2, 0.25) is 0 Å². The molecule has 0 saturated carbocycles. The minimum Gasteiger partial charge on any atom is -0.175 e. The third-order valence-corrected chi connectivity index (χ3v) is 4.71. The summed E-state index contributed by atoms with van der Waals surface area (Å²) in [5.41, 5.74) is 0.345. The normalized spacial score (nSPS) is 17.5. The highest BCUT2D eigenvalue weighted by Crippen LogP contribution is 2.38. The van der Waals surface area contributed by atoms with E-state index in [9.17, 15) is 0 Å². The molecule has 0 heterocycles. The zero-order valence-corrected chi connectivity index (χ0v) is 11.0. The summed E-state index contributed by atoms with van der Waals surface area (Å²) in [6.07, 6.45) is 2.57. The fourth-order valence-electron chi connectivity index (χ4n) is 1.69. The van der Waals surface area contributed by atoms with E-state index in [-0.39, 0.29) is 0 Å². The van der Waals surface area contributed by atoms with Gasteiger partial charge in [0.25, 0.3) is 0 Å². The topological polar surface area (TPSA) is 0 Å². The predicted molar refractivity (Wildman–Crippen MR) is 65.5 cm³/mol. The van der Waals surface area contributed by atoms with Gasteiger partial charge >= 0.3 is 0 Å². The highest BCUT2D eigenvalue weighted by molar-refractivity contribution is 7.81. The van der Waals surface area contributed by atoms with Crippen LogP contribution >= 0.6 is 12.6 Å². The van der Waals surface area contributed by atoms with E-state index in [2.05, 4.69) is 41.5 Å². The molecule has 2 atom stereocenters. The van der Waals surface area contributed by atoms with Crippen LogP contribution in [0.2, 0.25) is 0 Å². The van der Waals surface area contributed by atoms with Gasteiger partial charge in [0, 0.05) is 5.25 Å². The molecule has 0 saturated heterocycles. The predicted octanol–water partition coefficient (Wildman–Crippen LogP) is 4.40. The summed E-state index contributed by atoms with van der Waals surface area (Å²) in [6, 6.07) is 0. The average Bonchev–Trinajstić information content (AvgIpc) is 2.03. The van der Waals surface area contributed by atoms with E-state index in [0.717, 1.165) is 5.92 Å². The maximum absolute atomic E-state index is 4.78. The monoisotopic (exact) mass is 202 g/mol. The van der Waals surface area contributed by atoms with Gasteiger partial charge in [-0.05, 0) is 23.7 Å². The molecule has 0 fully saturated rings. The molecule has 0 aliphatic rings. The minimum atomic E-state index is 0.345. The van der Waals surface area contributed by atoms with Gasteiger partial charge in [-0.25, -0.2) is 0 Å². The van der Waals surface area contributed by atoms with Gasteiger partial charge in [-0.2, -0.15) is 12.6 Å². The van der Waals surface area contributed by atoms with Gasteiger partial charge in [0.05, 0.1) is 0 Å². The molecular formula is C12H26S. The molecule has 0 N–H and O–H groups in total. The van der Waals surface area contributed by atoms with E-state index in [4.69, 9.17) is 12.6 Å². The first-order valence-electron chi connectivity index (χ1n) is 5.52. The maximum atomic E-state index is 4.78. The first-order valence-corrected chi connectivity index (χ1v) is 6.03. The number of hydrogen-bond donors (Lipinski definition) is 1. The first kappa shape index (κ1) is 13.4. The Morgan fingerprint density at radius 2 is 1.62 bits per heavy atom. The van der Waals surface area contributed by atoms with E-state index < -0.39 is 0 Å². The molecule has 0 spiro atoms. The van der Waals surface area contributed by atoms with Gasteiger partial charge < -0.3 is 0 Å². The summed E-state index contributed by atoms with van der Waals surface area (Å²) in [5.74, 6) is 1.43. The highest BCUT2D eigenvalue weighted by Gasteiger charge is 2.32. The van der Waals surface area contributed by atoms with Crippen LogP contribution in [0.3, 0.4) is 0 Å². The molecule has 0 aromatic carbocycles. The summed E-state index contributed by atoms with van der Waals surface area (Å²) >= 11 is 4.78. The van der Waals surface area contributed by atoms with Crippen molar-refractivity contribution in [1.29, 1.82) is 0 Å². The van der Waals surface area contributed by atoms with Gasteiger partial charge in [-0.1, -0.05) is 48.0 Å². The largest absolute Gasteiger partial charge is 0.175 e. The van der Waals surface area contributed by atoms with E-state index >= 15 is 0 Å². The molecule has 0 bridgehead atoms. The third kappa shape index (κ3) is 3.53. The van der Waals surface area contributed by atoms with E-state index in [1.165, 1.54) is 12.8 Å². The zero-order chi connectivity index (χ0) is 10.6. The van der Waals surface area contributed by atoms with Gasteiger partial charge in [-0.3, -0.25) is 0 Å². The average molecular weight is 202 g/mol. The Morgan fingerprint density at radius 1 is 1.15 bits per heavy atom. The van der Waals surface area contributed by atoms with Crippen molar-refractivity contribution >= 4 is 12.6 Å². The van der Waals surface area contributed by atoms with Gasteiger partial charge in [0.15, 0.2) is 0 Å². The van der Waals surface area contributed by atoms with Crippen LogP contribution in [0.4, 0.5) is 0 Å². The van der Waals surface area contributed by atoms with Crippen molar-refractivity contribution < 1.29 is 0 Å². The summed E-state index contributed by atoms with van der Waals surface area (Å²) in [7, 11) is 0. The van der Waals surface area contributed by atoms with Crippen molar-refractivity contribution in [1.82, 2.24) is 0 Å². The Bertz CT molecular complexity index is 138. The molecule has 0 aliphatic carbocycles. The third-order valence-electron chi connectivity index (χ3n) is 3.53. The van der Waals surface area contributed by atoms with Crippen molar-refractivity contribution in [2.45, 2.75) is 59.6 Å². The zero-order valence-electron chi connectivity index (χ0n) is 10.1. The van der Waals surface area contributed by atoms with Crippen molar-refractivity contribution in [3.8, 4) is 0 Å². The standard InChI is InChI=1S/C12H26S/c1-7-8-10(4)11(13)12(5,6)9(2)3/h9-11,13H,7-8H2,1-6H3. The molecule has 1 heteroatoms. The van der Waals surface area contributed by atoms with E-state index in [0.29, 0.717) is 16.6 Å². The Labute approximate surface area is 89.9 Å². The molecular weight excluding hydrogens is 176 g/mol. The van der Waals surface area contributed by atoms with Crippen molar-refractivity contribution in [3.05, 3.63) is 0 Å². The molecule has 0 rings (SSSR count). The molecule has 0 aromatic rings. The van der Waals surface area contributed by atoms with Crippen LogP contribution in [0.25, 0.3) is 0 Å². The van der Waals surface area contributed by atoms with Crippen LogP contribution in [0.5, 0.6) is 0 Å². The van der Waals surface area contributed by atoms with Crippen LogP contribution in [-0.4, -0.2) is 5.25 Å². The second-order valence-corrected chi connectivity index (χ2v) is 5.74. The van der Waals surface area contributed by atoms with Crippen LogP contribution in [0.15, 0.2) is 0 Å². The van der Waals surface area contributed by atoms with Crippen LogP contribution in [0.1, 0.15) is 54.4 Å². The lowest BCUT2D eigenvalue weighted by Crippen LogP contribution is -2.35. The Balaban J connectivity index is 4.30. The van der Waals surface area contributed by atoms with Gasteiger partial charge in [0.1, 0.15) is 0 Å².